The summed E-state index contributed by atoms with van der Waals surface area (Å²) in [6, 6.07) is 0. The van der Waals surface area contributed by atoms with E-state index < -0.39 is 12.2 Å². The molecule has 0 unspecified atom stereocenters. The molecule has 0 N–H and O–H groups in total. The summed E-state index contributed by atoms with van der Waals surface area (Å²) in [5.74, 6) is -1.49. The van der Waals surface area contributed by atoms with E-state index in [0.717, 1.165) is 0 Å². The summed E-state index contributed by atoms with van der Waals surface area (Å²) in [6.45, 7) is 0. The van der Waals surface area contributed by atoms with Crippen molar-refractivity contribution < 1.29 is 18.4 Å². The largest absolute Gasteiger partial charge is 0.361 e. The number of carbonyl (C=O) groups excluding carboxylic acids is 1. The smallest absolute Gasteiger partial charge is 0.329 e. The molecule has 5 heteroatoms. The highest BCUT2D eigenvalue weighted by atomic mass is 19.3. The molecule has 3 nitrogen and oxygen atoms in total. The fourth-order valence-corrected chi connectivity index (χ4v) is 0.113. The van der Waals surface area contributed by atoms with Crippen LogP contribution in [0.15, 0.2) is 0 Å². The Hall–Kier alpha value is -1.09. The molecule has 0 aromatic heterocycles. The van der Waals surface area contributed by atoms with E-state index in [9.17, 15) is 13.6 Å². The summed E-state index contributed by atoms with van der Waals surface area (Å²) in [5.41, 5.74) is 7.50. The van der Waals surface area contributed by atoms with E-state index in [2.05, 4.69) is 4.79 Å². The molecule has 0 atom stereocenters. The van der Waals surface area contributed by atoms with E-state index in [0.29, 0.717) is 0 Å². The van der Waals surface area contributed by atoms with Gasteiger partial charge in [0.25, 0.3) is 0 Å². The van der Waals surface area contributed by atoms with E-state index in [1.165, 1.54) is 0 Å². The highest BCUT2D eigenvalue weighted by Gasteiger charge is 2.15. The number of Topliss-reactive ketones (excluding diaryl/α,β-unsaturated/α-hetero) is 1. The number of hydrogen-bond donors (Lipinski definition) is 0. The molecule has 0 aromatic carbocycles. The van der Waals surface area contributed by atoms with Crippen molar-refractivity contribution in [3.8, 4) is 0 Å². The SMILES string of the molecule is [N-]=[N+]=CC(=O)C(F)F. The van der Waals surface area contributed by atoms with Crippen molar-refractivity contribution in [1.82, 2.24) is 0 Å². The zero-order valence-corrected chi connectivity index (χ0v) is 3.71. The Balaban J connectivity index is 3.84. The molecule has 0 saturated carbocycles. The molecule has 0 aliphatic heterocycles. The first kappa shape index (κ1) is 6.91. The van der Waals surface area contributed by atoms with E-state index in [1.54, 1.807) is 0 Å². The first-order chi connectivity index (χ1) is 3.68. The van der Waals surface area contributed by atoms with Gasteiger partial charge in [0.05, 0.1) is 0 Å². The van der Waals surface area contributed by atoms with Crippen LogP contribution in [0, 0.1) is 0 Å². The molecule has 0 aliphatic carbocycles. The molecule has 0 rings (SSSR count). The van der Waals surface area contributed by atoms with E-state index in [-0.39, 0.29) is 6.21 Å². The van der Waals surface area contributed by atoms with Gasteiger partial charge in [-0.2, -0.15) is 4.79 Å². The Bertz CT molecular complexity index is 138. The lowest BCUT2D eigenvalue weighted by Gasteiger charge is -1.79. The quantitative estimate of drug-likeness (QED) is 0.290. The highest BCUT2D eigenvalue weighted by molar-refractivity contribution is 6.26. The van der Waals surface area contributed by atoms with Crippen molar-refractivity contribution in [2.75, 3.05) is 0 Å². The molecule has 0 heterocycles. The third-order valence-electron chi connectivity index (χ3n) is 0.400. The van der Waals surface area contributed by atoms with Gasteiger partial charge >= 0.3 is 18.4 Å². The Morgan fingerprint density at radius 3 is 2.38 bits per heavy atom. The summed E-state index contributed by atoms with van der Waals surface area (Å²) in [6.07, 6.45) is -2.92. The Kier molecular flexibility index (Phi) is 2.58. The molecule has 44 valence electrons. The second kappa shape index (κ2) is 2.98. The van der Waals surface area contributed by atoms with Crippen molar-refractivity contribution in [2.45, 2.75) is 6.43 Å². The molecule has 0 aliphatic rings. The first-order valence-electron chi connectivity index (χ1n) is 1.68. The summed E-state index contributed by atoms with van der Waals surface area (Å²) in [7, 11) is 0. The normalized spacial score (nSPS) is 8.38. The monoisotopic (exact) mass is 120 g/mol. The maximum atomic E-state index is 11.1. The van der Waals surface area contributed by atoms with Crippen LogP contribution >= 0.6 is 0 Å². The van der Waals surface area contributed by atoms with Crippen LogP contribution in [0.4, 0.5) is 8.78 Å². The van der Waals surface area contributed by atoms with Crippen LogP contribution < -0.4 is 0 Å². The second-order valence-corrected chi connectivity index (χ2v) is 0.948. The zero-order chi connectivity index (χ0) is 6.57. The Morgan fingerprint density at radius 1 is 1.75 bits per heavy atom. The van der Waals surface area contributed by atoms with Crippen molar-refractivity contribution in [2.24, 2.45) is 0 Å². The van der Waals surface area contributed by atoms with Crippen molar-refractivity contribution in [3.05, 3.63) is 5.53 Å². The minimum Gasteiger partial charge on any atom is -0.361 e. The third kappa shape index (κ3) is 2.15. The molecular weight excluding hydrogens is 118 g/mol. The van der Waals surface area contributed by atoms with Gasteiger partial charge in [-0.05, 0) is 0 Å². The molecule has 8 heavy (non-hydrogen) atoms. The average molecular weight is 120 g/mol. The van der Waals surface area contributed by atoms with Gasteiger partial charge in [0.2, 0.25) is 0 Å². The molecule has 0 bridgehead atoms. The van der Waals surface area contributed by atoms with E-state index in [1.807, 2.05) is 0 Å². The van der Waals surface area contributed by atoms with Gasteiger partial charge in [0.15, 0.2) is 0 Å². The van der Waals surface area contributed by atoms with Crippen LogP contribution in [-0.2, 0) is 4.79 Å². The van der Waals surface area contributed by atoms with Crippen LogP contribution in [0.2, 0.25) is 0 Å². The number of ketones is 1. The van der Waals surface area contributed by atoms with Gasteiger partial charge in [0.1, 0.15) is 0 Å². The molecular formula is C3H2F2N2O. The van der Waals surface area contributed by atoms with Gasteiger partial charge in [-0.15, -0.1) is 0 Å². The minimum atomic E-state index is -3.08. The fourth-order valence-electron chi connectivity index (χ4n) is 0.113. The van der Waals surface area contributed by atoms with Crippen molar-refractivity contribution >= 4 is 12.0 Å². The topological polar surface area (TPSA) is 53.5 Å². The number of carbonyl (C=O) groups is 1. The lowest BCUT2D eigenvalue weighted by atomic mass is 10.5. The summed E-state index contributed by atoms with van der Waals surface area (Å²) >= 11 is 0. The van der Waals surface area contributed by atoms with Gasteiger partial charge < -0.3 is 5.53 Å². The van der Waals surface area contributed by atoms with Crippen molar-refractivity contribution in [3.63, 3.8) is 0 Å². The zero-order valence-electron chi connectivity index (χ0n) is 3.71. The van der Waals surface area contributed by atoms with E-state index >= 15 is 0 Å². The lowest BCUT2D eigenvalue weighted by molar-refractivity contribution is -0.125. The number of halogens is 2. The maximum absolute atomic E-state index is 11.1. The average Bonchev–Trinajstić information content (AvgIpc) is 1.67. The molecule has 0 spiro atoms. The molecule has 0 aromatic rings. The molecule has 0 amide bonds. The number of rotatable bonds is 2. The number of alkyl halides is 2. The Morgan fingerprint density at radius 2 is 2.25 bits per heavy atom. The van der Waals surface area contributed by atoms with Crippen LogP contribution in [-0.4, -0.2) is 23.2 Å². The number of hydrogen-bond acceptors (Lipinski definition) is 1. The molecule has 0 fully saturated rings. The minimum absolute atomic E-state index is 0.157. The van der Waals surface area contributed by atoms with Gasteiger partial charge in [-0.25, -0.2) is 8.78 Å². The predicted octanol–water partition coefficient (Wildman–Crippen LogP) is 0.121. The molecule has 0 radical (unpaired) electrons. The standard InChI is InChI=1S/C3H2F2N2O/c4-3(5)2(8)1-7-6/h1,3H. The first-order valence-corrected chi connectivity index (χ1v) is 1.68. The summed E-state index contributed by atoms with van der Waals surface area (Å²) in [5, 5.41) is 0. The van der Waals surface area contributed by atoms with Crippen molar-refractivity contribution in [1.29, 1.82) is 0 Å². The predicted molar refractivity (Wildman–Crippen MR) is 20.7 cm³/mol. The number of nitrogens with zero attached hydrogens (tertiary/aromatic N) is 2. The maximum Gasteiger partial charge on any atom is 0.329 e. The van der Waals surface area contributed by atoms with Gasteiger partial charge in [-0.3, -0.25) is 4.79 Å². The van der Waals surface area contributed by atoms with Gasteiger partial charge in [-0.1, -0.05) is 0 Å². The Labute approximate surface area is 43.5 Å². The van der Waals surface area contributed by atoms with Gasteiger partial charge in [0, 0.05) is 0 Å². The highest BCUT2D eigenvalue weighted by Crippen LogP contribution is 1.89. The third-order valence-corrected chi connectivity index (χ3v) is 0.400. The van der Waals surface area contributed by atoms with Crippen LogP contribution in [0.1, 0.15) is 0 Å². The second-order valence-electron chi connectivity index (χ2n) is 0.948. The van der Waals surface area contributed by atoms with Crippen LogP contribution in [0.25, 0.3) is 5.53 Å². The lowest BCUT2D eigenvalue weighted by Crippen LogP contribution is -2.10. The van der Waals surface area contributed by atoms with Crippen LogP contribution in [0.5, 0.6) is 0 Å². The van der Waals surface area contributed by atoms with E-state index in [4.69, 9.17) is 5.53 Å². The summed E-state index contributed by atoms with van der Waals surface area (Å²) in [4.78, 5) is 11.8. The fraction of sp³-hybridized carbons (Fsp3) is 0.333. The summed E-state index contributed by atoms with van der Waals surface area (Å²) < 4.78 is 22.1. The molecule has 0 saturated heterocycles. The van der Waals surface area contributed by atoms with Crippen LogP contribution in [0.3, 0.4) is 0 Å².